The van der Waals surface area contributed by atoms with Gasteiger partial charge in [-0.25, -0.2) is 0 Å². The minimum atomic E-state index is -1.37. The number of amides is 3. The molecule has 518 valence electrons. The topological polar surface area (TPSA) is 307 Å². The summed E-state index contributed by atoms with van der Waals surface area (Å²) < 4.78 is 42.8. The molecule has 0 saturated carbocycles. The lowest BCUT2D eigenvalue weighted by molar-refractivity contribution is -0.157. The molecule has 0 aliphatic heterocycles. The standard InChI is InChI=1S/C64H83N3O15.C5H13NO2.C3H6O/c1-44(2)36-54(67-63(76)51(40-61(74)82-64(4,5)6)39-58(71)55(65-45(3)68)37-46-25-28-52(29-26-46)79-41-47-18-11-8-12-19-47)57(70)38-50(27-31-59(72)80-42-48-20-13-9-14-21-48)62(75)66-53(56(69)24-17-33-78-35-34-77-7)30-32-60(73)81-43-49-22-15-10-16-23-49;1-7-4-5-8-3-2-6;1-3(2)4/h8-16,18-23,25-26,28-29,44,50-51,53-55H,17,24,27,30-43H2,1-7H3,(H,65,68)(H,66,75)(H,67,76);2-6H2,1H3;1-2H3/t50-,51+,53-,54-,55+;;/m1../s1. The smallest absolute Gasteiger partial charge is 0.307 e. The number of hydrogen-bond donors (Lipinski definition) is 4. The van der Waals surface area contributed by atoms with Crippen molar-refractivity contribution in [2.24, 2.45) is 23.5 Å². The average Bonchev–Trinajstić information content (AvgIpc) is 1.11. The Morgan fingerprint density at radius 2 is 0.947 bits per heavy atom. The summed E-state index contributed by atoms with van der Waals surface area (Å²) in [5, 5.41) is 8.26. The fourth-order valence-corrected chi connectivity index (χ4v) is 9.03. The van der Waals surface area contributed by atoms with Gasteiger partial charge in [-0.05, 0) is 107 Å². The molecule has 22 nitrogen and oxygen atoms in total. The van der Waals surface area contributed by atoms with Gasteiger partial charge in [-0.3, -0.25) is 43.2 Å². The predicted molar refractivity (Wildman–Crippen MR) is 355 cm³/mol. The molecule has 0 aromatic heterocycles. The van der Waals surface area contributed by atoms with Crippen molar-refractivity contribution in [3.8, 4) is 5.75 Å². The molecule has 0 saturated heterocycles. The molecule has 0 bridgehead atoms. The quantitative estimate of drug-likeness (QED) is 0.0183. The van der Waals surface area contributed by atoms with Crippen LogP contribution in [0.4, 0.5) is 0 Å². The third-order valence-electron chi connectivity index (χ3n) is 13.6. The van der Waals surface area contributed by atoms with Gasteiger partial charge in [0.25, 0.3) is 0 Å². The van der Waals surface area contributed by atoms with Gasteiger partial charge in [-0.2, -0.15) is 0 Å². The Labute approximate surface area is 555 Å². The van der Waals surface area contributed by atoms with Crippen molar-refractivity contribution in [3.63, 3.8) is 0 Å². The highest BCUT2D eigenvalue weighted by Crippen LogP contribution is 2.23. The van der Waals surface area contributed by atoms with Crippen molar-refractivity contribution in [1.82, 2.24) is 16.0 Å². The molecule has 0 aliphatic rings. The first-order chi connectivity index (χ1) is 44.8. The van der Waals surface area contributed by atoms with Crippen LogP contribution in [0.15, 0.2) is 115 Å². The van der Waals surface area contributed by atoms with E-state index in [4.69, 9.17) is 43.6 Å². The van der Waals surface area contributed by atoms with Crippen molar-refractivity contribution in [2.45, 2.75) is 170 Å². The number of esters is 3. The molecule has 5 N–H and O–H groups in total. The van der Waals surface area contributed by atoms with E-state index in [0.29, 0.717) is 63.9 Å². The Morgan fingerprint density at radius 3 is 1.44 bits per heavy atom. The summed E-state index contributed by atoms with van der Waals surface area (Å²) in [6.07, 6.45) is -2.07. The molecule has 0 unspecified atom stereocenters. The number of Topliss-reactive ketones (excluding diaryl/α,β-unsaturated/α-hetero) is 4. The van der Waals surface area contributed by atoms with Gasteiger partial charge in [0, 0.05) is 72.3 Å². The lowest BCUT2D eigenvalue weighted by Gasteiger charge is -2.27. The number of nitrogens with two attached hydrogens (primary N) is 1. The predicted octanol–water partition coefficient (Wildman–Crippen LogP) is 8.47. The third kappa shape index (κ3) is 39.5. The number of rotatable bonds is 43. The molecule has 0 spiro atoms. The van der Waals surface area contributed by atoms with Crippen LogP contribution in [0.1, 0.15) is 142 Å². The van der Waals surface area contributed by atoms with Gasteiger partial charge in [0.05, 0.1) is 63.5 Å². The van der Waals surface area contributed by atoms with Crippen LogP contribution in [0, 0.1) is 17.8 Å². The first-order valence-corrected chi connectivity index (χ1v) is 32.0. The highest BCUT2D eigenvalue weighted by molar-refractivity contribution is 5.97. The van der Waals surface area contributed by atoms with Crippen molar-refractivity contribution in [1.29, 1.82) is 0 Å². The number of nitrogens with one attached hydrogen (secondary N) is 3. The van der Waals surface area contributed by atoms with Gasteiger partial charge < -0.3 is 64.4 Å². The molecule has 0 heterocycles. The summed E-state index contributed by atoms with van der Waals surface area (Å²) in [6.45, 7) is 16.6. The summed E-state index contributed by atoms with van der Waals surface area (Å²) in [5.74, 6) is -7.74. The van der Waals surface area contributed by atoms with Gasteiger partial charge in [0.1, 0.15) is 37.0 Å². The lowest BCUT2D eigenvalue weighted by Crippen LogP contribution is -2.49. The van der Waals surface area contributed by atoms with Crippen molar-refractivity contribution < 1.29 is 85.8 Å². The zero-order valence-electron chi connectivity index (χ0n) is 56.7. The molecule has 94 heavy (non-hydrogen) atoms. The second-order valence-electron chi connectivity index (χ2n) is 24.0. The Morgan fingerprint density at radius 1 is 0.479 bits per heavy atom. The zero-order valence-corrected chi connectivity index (χ0v) is 56.7. The number of methoxy groups -OCH3 is 2. The maximum Gasteiger partial charge on any atom is 0.307 e. The second kappa shape index (κ2) is 47.8. The Bertz CT molecular complexity index is 2860. The van der Waals surface area contributed by atoms with Gasteiger partial charge >= 0.3 is 17.9 Å². The maximum atomic E-state index is 14.7. The fourth-order valence-electron chi connectivity index (χ4n) is 9.03. The van der Waals surface area contributed by atoms with Crippen LogP contribution in [-0.2, 0) is 107 Å². The molecular formula is C72H102N4O18. The van der Waals surface area contributed by atoms with Crippen LogP contribution in [0.25, 0.3) is 0 Å². The molecule has 3 amide bonds. The molecule has 22 heteroatoms. The van der Waals surface area contributed by atoms with E-state index in [2.05, 4.69) is 16.0 Å². The van der Waals surface area contributed by atoms with Crippen molar-refractivity contribution >= 4 is 58.8 Å². The van der Waals surface area contributed by atoms with Crippen LogP contribution < -0.4 is 26.4 Å². The van der Waals surface area contributed by atoms with Gasteiger partial charge in [-0.1, -0.05) is 117 Å². The largest absolute Gasteiger partial charge is 0.489 e. The van der Waals surface area contributed by atoms with E-state index >= 15 is 0 Å². The van der Waals surface area contributed by atoms with Crippen LogP contribution in [0.3, 0.4) is 0 Å². The SMILES string of the molecule is CC(C)=O.COCCOCCCC(=O)[C@@H](CCC(=O)OCc1ccccc1)NC(=O)[C@H](CCC(=O)OCc1ccccc1)CC(=O)[C@@H](CC(C)C)NC(=O)[C@H](CC(=O)OC(C)(C)C)CC(=O)[C@H](Cc1ccc(OCc2ccccc2)cc1)NC(C)=O.COCCOCCN. The van der Waals surface area contributed by atoms with E-state index < -0.39 is 108 Å². The van der Waals surface area contributed by atoms with E-state index in [-0.39, 0.29) is 76.5 Å². The summed E-state index contributed by atoms with van der Waals surface area (Å²) >= 11 is 0. The van der Waals surface area contributed by atoms with E-state index in [1.807, 2.05) is 56.3 Å². The molecule has 4 aromatic rings. The van der Waals surface area contributed by atoms with Crippen LogP contribution >= 0.6 is 0 Å². The second-order valence-corrected chi connectivity index (χ2v) is 24.0. The van der Waals surface area contributed by atoms with Crippen LogP contribution in [0.5, 0.6) is 5.75 Å². The van der Waals surface area contributed by atoms with Crippen LogP contribution in [-0.4, -0.2) is 143 Å². The Kier molecular flexibility index (Phi) is 41.7. The minimum Gasteiger partial charge on any atom is -0.489 e. The summed E-state index contributed by atoms with van der Waals surface area (Å²) in [5.41, 5.74) is 7.34. The lowest BCUT2D eigenvalue weighted by atomic mass is 9.88. The van der Waals surface area contributed by atoms with E-state index in [1.165, 1.54) is 27.9 Å². The number of ether oxygens (including phenoxy) is 8. The highest BCUT2D eigenvalue weighted by Gasteiger charge is 2.36. The van der Waals surface area contributed by atoms with Gasteiger partial charge in [-0.15, -0.1) is 0 Å². The molecule has 0 fully saturated rings. The first kappa shape index (κ1) is 82.1. The zero-order chi connectivity index (χ0) is 69.7. The molecule has 5 atom stereocenters. The summed E-state index contributed by atoms with van der Waals surface area (Å²) in [7, 11) is 3.18. The van der Waals surface area contributed by atoms with Crippen LogP contribution in [0.2, 0.25) is 0 Å². The molecule has 4 aromatic carbocycles. The Balaban J connectivity index is 0.00000228. The monoisotopic (exact) mass is 1310 g/mol. The summed E-state index contributed by atoms with van der Waals surface area (Å²) in [4.78, 5) is 134. The fraction of sp³-hybridized carbons (Fsp3) is 0.528. The number of ketones is 4. The molecular weight excluding hydrogens is 1210 g/mol. The Hall–Kier alpha value is -8.02. The van der Waals surface area contributed by atoms with E-state index in [1.54, 1.807) is 101 Å². The molecule has 0 aliphatic carbocycles. The van der Waals surface area contributed by atoms with E-state index in [0.717, 1.165) is 16.7 Å². The minimum absolute atomic E-state index is 0.000371. The summed E-state index contributed by atoms with van der Waals surface area (Å²) in [6, 6.07) is 31.1. The maximum absolute atomic E-state index is 14.7. The normalized spacial score (nSPS) is 12.5. The van der Waals surface area contributed by atoms with E-state index in [9.17, 15) is 47.9 Å². The number of carbonyl (C=O) groups is 10. The first-order valence-electron chi connectivity index (χ1n) is 32.0. The number of carbonyl (C=O) groups excluding carboxylic acids is 10. The third-order valence-corrected chi connectivity index (χ3v) is 13.6. The number of benzene rings is 4. The van der Waals surface area contributed by atoms with Crippen molar-refractivity contribution in [3.05, 3.63) is 138 Å². The van der Waals surface area contributed by atoms with Gasteiger partial charge in [0.2, 0.25) is 17.7 Å². The van der Waals surface area contributed by atoms with Crippen molar-refractivity contribution in [2.75, 3.05) is 60.4 Å². The number of hydrogen-bond acceptors (Lipinski definition) is 19. The molecule has 0 radical (unpaired) electrons. The van der Waals surface area contributed by atoms with Gasteiger partial charge in [0.15, 0.2) is 17.3 Å². The highest BCUT2D eigenvalue weighted by atomic mass is 16.6. The average molecular weight is 1310 g/mol. The molecule has 4 rings (SSSR count).